The number of fused-ring (bicyclic) bond motifs is 1. The van der Waals surface area contributed by atoms with E-state index >= 15 is 0 Å². The Kier molecular flexibility index (Phi) is 5.73. The number of ether oxygens (including phenoxy) is 1. The van der Waals surface area contributed by atoms with Gasteiger partial charge in [0.1, 0.15) is 18.2 Å². The van der Waals surface area contributed by atoms with Crippen LogP contribution in [0.25, 0.3) is 0 Å². The van der Waals surface area contributed by atoms with Crippen LogP contribution in [0, 0.1) is 5.82 Å². The first kappa shape index (κ1) is 18.2. The number of anilines is 1. The van der Waals surface area contributed by atoms with Crippen LogP contribution < -0.4 is 15.0 Å². The number of benzene rings is 2. The second-order valence-corrected chi connectivity index (χ2v) is 6.35. The number of nitrogens with zero attached hydrogens (tertiary/aromatic N) is 1. The van der Waals surface area contributed by atoms with Crippen LogP contribution in [0.5, 0.6) is 5.75 Å². The molecule has 0 saturated carbocycles. The topological polar surface area (TPSA) is 58.6 Å². The van der Waals surface area contributed by atoms with E-state index in [0.717, 1.165) is 5.56 Å². The molecule has 0 aromatic heterocycles. The Morgan fingerprint density at radius 1 is 1.15 bits per heavy atom. The van der Waals surface area contributed by atoms with E-state index in [-0.39, 0.29) is 30.5 Å². The normalized spacial score (nSPS) is 12.9. The molecule has 0 bridgehead atoms. The third-order valence-electron chi connectivity index (χ3n) is 4.05. The van der Waals surface area contributed by atoms with Crippen LogP contribution in [0.3, 0.4) is 0 Å². The van der Waals surface area contributed by atoms with Crippen molar-refractivity contribution in [3.63, 3.8) is 0 Å². The SMILES string of the molecule is O=C(CCC(=O)N1CCOc2ccc(Cl)cc21)NCc1ccc(F)cc1. The van der Waals surface area contributed by atoms with Crippen LogP contribution in [0.15, 0.2) is 42.5 Å². The van der Waals surface area contributed by atoms with Crippen LogP contribution in [-0.2, 0) is 16.1 Å². The van der Waals surface area contributed by atoms with Gasteiger partial charge in [-0.1, -0.05) is 23.7 Å². The molecule has 1 heterocycles. The lowest BCUT2D eigenvalue weighted by atomic mass is 10.2. The summed E-state index contributed by atoms with van der Waals surface area (Å²) in [5, 5.41) is 3.24. The molecule has 0 fully saturated rings. The van der Waals surface area contributed by atoms with Gasteiger partial charge in [0.2, 0.25) is 11.8 Å². The molecule has 2 aromatic carbocycles. The summed E-state index contributed by atoms with van der Waals surface area (Å²) in [6.07, 6.45) is 0.161. The van der Waals surface area contributed by atoms with Gasteiger partial charge in [-0.3, -0.25) is 9.59 Å². The second-order valence-electron chi connectivity index (χ2n) is 5.91. The van der Waals surface area contributed by atoms with E-state index in [1.165, 1.54) is 12.1 Å². The van der Waals surface area contributed by atoms with Crippen LogP contribution in [0.2, 0.25) is 5.02 Å². The lowest BCUT2D eigenvalue weighted by molar-refractivity contribution is -0.125. The van der Waals surface area contributed by atoms with Crippen LogP contribution in [0.4, 0.5) is 10.1 Å². The molecule has 0 aliphatic carbocycles. The molecule has 0 unspecified atom stereocenters. The van der Waals surface area contributed by atoms with E-state index in [1.54, 1.807) is 35.2 Å². The number of rotatable bonds is 5. The highest BCUT2D eigenvalue weighted by Crippen LogP contribution is 2.34. The molecule has 0 spiro atoms. The fourth-order valence-electron chi connectivity index (χ4n) is 2.70. The van der Waals surface area contributed by atoms with E-state index in [2.05, 4.69) is 5.32 Å². The van der Waals surface area contributed by atoms with Gasteiger partial charge >= 0.3 is 0 Å². The minimum Gasteiger partial charge on any atom is -0.490 e. The monoisotopic (exact) mass is 376 g/mol. The molecular weight excluding hydrogens is 359 g/mol. The molecular formula is C19H18ClFN2O3. The van der Waals surface area contributed by atoms with E-state index in [9.17, 15) is 14.0 Å². The quantitative estimate of drug-likeness (QED) is 0.871. The first-order valence-electron chi connectivity index (χ1n) is 8.27. The summed E-state index contributed by atoms with van der Waals surface area (Å²) in [4.78, 5) is 26.1. The minimum absolute atomic E-state index is 0.0767. The molecule has 0 atom stereocenters. The van der Waals surface area contributed by atoms with E-state index < -0.39 is 0 Å². The first-order chi connectivity index (χ1) is 12.5. The highest BCUT2D eigenvalue weighted by molar-refractivity contribution is 6.31. The van der Waals surface area contributed by atoms with Gasteiger partial charge in [-0.15, -0.1) is 0 Å². The Morgan fingerprint density at radius 2 is 1.92 bits per heavy atom. The molecule has 2 amide bonds. The summed E-state index contributed by atoms with van der Waals surface area (Å²) in [6.45, 7) is 1.11. The average molecular weight is 377 g/mol. The maximum absolute atomic E-state index is 12.9. The molecule has 0 saturated heterocycles. The molecule has 136 valence electrons. The molecule has 2 aromatic rings. The number of halogens is 2. The zero-order chi connectivity index (χ0) is 18.5. The number of nitrogens with one attached hydrogen (secondary N) is 1. The van der Waals surface area contributed by atoms with Crippen molar-refractivity contribution in [2.45, 2.75) is 19.4 Å². The maximum Gasteiger partial charge on any atom is 0.227 e. The summed E-state index contributed by atoms with van der Waals surface area (Å²) in [5.41, 5.74) is 1.42. The maximum atomic E-state index is 12.9. The fraction of sp³-hybridized carbons (Fsp3) is 0.263. The zero-order valence-electron chi connectivity index (χ0n) is 14.0. The van der Waals surface area contributed by atoms with Gasteiger partial charge in [0.05, 0.1) is 12.2 Å². The van der Waals surface area contributed by atoms with Gasteiger partial charge < -0.3 is 15.0 Å². The smallest absolute Gasteiger partial charge is 0.227 e. The van der Waals surface area contributed by atoms with Gasteiger partial charge in [-0.05, 0) is 35.9 Å². The Balaban J connectivity index is 1.52. The standard InChI is InChI=1S/C19H18ClFN2O3/c20-14-3-6-17-16(11-14)23(9-10-26-17)19(25)8-7-18(24)22-12-13-1-4-15(21)5-2-13/h1-6,11H,7-10,12H2,(H,22,24). The van der Waals surface area contributed by atoms with Gasteiger partial charge in [0.25, 0.3) is 0 Å². The third-order valence-corrected chi connectivity index (χ3v) is 4.29. The number of carbonyl (C=O) groups excluding carboxylic acids is 2. The van der Waals surface area contributed by atoms with Crippen molar-refractivity contribution in [3.05, 3.63) is 58.9 Å². The molecule has 3 rings (SSSR count). The van der Waals surface area contributed by atoms with Gasteiger partial charge in [0.15, 0.2) is 0 Å². The van der Waals surface area contributed by atoms with Gasteiger partial charge in [-0.25, -0.2) is 4.39 Å². The number of hydrogen-bond acceptors (Lipinski definition) is 3. The second kappa shape index (κ2) is 8.19. The first-order valence-corrected chi connectivity index (χ1v) is 8.64. The highest BCUT2D eigenvalue weighted by atomic mass is 35.5. The van der Waals surface area contributed by atoms with Crippen molar-refractivity contribution in [1.29, 1.82) is 0 Å². The Hall–Kier alpha value is -2.60. The van der Waals surface area contributed by atoms with Crippen molar-refractivity contribution in [2.24, 2.45) is 0 Å². The Bertz CT molecular complexity index is 811. The number of hydrogen-bond donors (Lipinski definition) is 1. The fourth-order valence-corrected chi connectivity index (χ4v) is 2.86. The van der Waals surface area contributed by atoms with Gasteiger partial charge in [-0.2, -0.15) is 0 Å². The molecule has 7 heteroatoms. The van der Waals surface area contributed by atoms with E-state index in [1.807, 2.05) is 0 Å². The Morgan fingerprint density at radius 3 is 2.69 bits per heavy atom. The molecule has 0 radical (unpaired) electrons. The minimum atomic E-state index is -0.323. The van der Waals surface area contributed by atoms with Gasteiger partial charge in [0, 0.05) is 24.4 Å². The summed E-state index contributed by atoms with van der Waals surface area (Å²) in [5.74, 6) is -0.109. The zero-order valence-corrected chi connectivity index (χ0v) is 14.8. The lowest BCUT2D eigenvalue weighted by Crippen LogP contribution is -2.38. The van der Waals surface area contributed by atoms with E-state index in [0.29, 0.717) is 36.2 Å². The van der Waals surface area contributed by atoms with E-state index in [4.69, 9.17) is 16.3 Å². The van der Waals surface area contributed by atoms with Crippen LogP contribution in [-0.4, -0.2) is 25.0 Å². The van der Waals surface area contributed by atoms with Crippen molar-refractivity contribution in [2.75, 3.05) is 18.1 Å². The molecule has 1 N–H and O–H groups in total. The summed E-state index contributed by atoms with van der Waals surface area (Å²) in [7, 11) is 0. The largest absolute Gasteiger partial charge is 0.490 e. The van der Waals surface area contributed by atoms with Crippen LogP contribution in [0.1, 0.15) is 18.4 Å². The number of amides is 2. The number of carbonyl (C=O) groups is 2. The molecule has 1 aliphatic rings. The highest BCUT2D eigenvalue weighted by Gasteiger charge is 2.24. The average Bonchev–Trinajstić information content (AvgIpc) is 2.65. The van der Waals surface area contributed by atoms with Crippen LogP contribution >= 0.6 is 11.6 Å². The van der Waals surface area contributed by atoms with Crippen molar-refractivity contribution < 1.29 is 18.7 Å². The van der Waals surface area contributed by atoms with Crippen molar-refractivity contribution >= 4 is 29.1 Å². The van der Waals surface area contributed by atoms with Crippen molar-refractivity contribution in [3.8, 4) is 5.75 Å². The summed E-state index contributed by atoms with van der Waals surface area (Å²) < 4.78 is 18.4. The van der Waals surface area contributed by atoms with Crippen molar-refractivity contribution in [1.82, 2.24) is 5.32 Å². The predicted octanol–water partition coefficient (Wildman–Crippen LogP) is 3.30. The predicted molar refractivity (Wildman–Crippen MR) is 96.8 cm³/mol. The summed E-state index contributed by atoms with van der Waals surface area (Å²) in [6, 6.07) is 11.0. The molecule has 5 nitrogen and oxygen atoms in total. The summed E-state index contributed by atoms with van der Waals surface area (Å²) >= 11 is 6.00. The third kappa shape index (κ3) is 4.52. The Labute approximate surface area is 155 Å². The molecule has 26 heavy (non-hydrogen) atoms. The molecule has 1 aliphatic heterocycles. The lowest BCUT2D eigenvalue weighted by Gasteiger charge is -2.29.